The van der Waals surface area contributed by atoms with E-state index in [2.05, 4.69) is 4.99 Å². The summed E-state index contributed by atoms with van der Waals surface area (Å²) >= 11 is 6.38. The summed E-state index contributed by atoms with van der Waals surface area (Å²) in [4.78, 5) is 14.7. The molecule has 0 spiro atoms. The van der Waals surface area contributed by atoms with Gasteiger partial charge in [-0.2, -0.15) is 4.99 Å². The molecule has 1 aromatic carbocycles. The first-order chi connectivity index (χ1) is 10.2. The molecule has 0 aromatic heterocycles. The van der Waals surface area contributed by atoms with Crippen LogP contribution in [-0.4, -0.2) is 19.3 Å². The second-order valence-electron chi connectivity index (χ2n) is 5.71. The molecular formula is C16H18ClNO3. The molecule has 1 aromatic rings. The van der Waals surface area contributed by atoms with Crippen molar-refractivity contribution in [2.75, 3.05) is 7.11 Å². The van der Waals surface area contributed by atoms with Crippen LogP contribution in [0.4, 0.5) is 0 Å². The van der Waals surface area contributed by atoms with Crippen LogP contribution in [0.1, 0.15) is 44.1 Å². The summed E-state index contributed by atoms with van der Waals surface area (Å²) in [6.45, 7) is 0. The van der Waals surface area contributed by atoms with E-state index in [0.717, 1.165) is 31.2 Å². The first kappa shape index (κ1) is 14.4. The zero-order chi connectivity index (χ0) is 14.9. The lowest BCUT2D eigenvalue weighted by Gasteiger charge is -2.22. The van der Waals surface area contributed by atoms with Crippen LogP contribution in [0.15, 0.2) is 17.1 Å². The topological polar surface area (TPSA) is 47.9 Å². The SMILES string of the molecule is COc1ccc(Cl)c(C2(N=C=O)CC2)c1OC1CCCC1. The molecule has 0 saturated heterocycles. The largest absolute Gasteiger partial charge is 0.493 e. The van der Waals surface area contributed by atoms with Crippen LogP contribution in [0, 0.1) is 0 Å². The number of methoxy groups -OCH3 is 1. The maximum Gasteiger partial charge on any atom is 0.235 e. The summed E-state index contributed by atoms with van der Waals surface area (Å²) in [5.41, 5.74) is 0.208. The lowest BCUT2D eigenvalue weighted by molar-refractivity contribution is 0.197. The Kier molecular flexibility index (Phi) is 3.92. The predicted octanol–water partition coefficient (Wildman–Crippen LogP) is 3.99. The Balaban J connectivity index is 2.05. The molecule has 0 atom stereocenters. The van der Waals surface area contributed by atoms with Crippen molar-refractivity contribution in [3.05, 3.63) is 22.7 Å². The van der Waals surface area contributed by atoms with E-state index in [1.165, 1.54) is 12.8 Å². The number of carbonyl (C=O) groups excluding carboxylic acids is 1. The molecule has 0 aliphatic heterocycles. The fraction of sp³-hybridized carbons (Fsp3) is 0.562. The number of isocyanates is 1. The first-order valence-corrected chi connectivity index (χ1v) is 7.70. The van der Waals surface area contributed by atoms with Crippen molar-refractivity contribution in [1.82, 2.24) is 0 Å². The Morgan fingerprint density at radius 2 is 2.05 bits per heavy atom. The van der Waals surface area contributed by atoms with Gasteiger partial charge in [-0.3, -0.25) is 0 Å². The molecule has 0 amide bonds. The van der Waals surface area contributed by atoms with Crippen LogP contribution in [0.2, 0.25) is 5.02 Å². The third-order valence-corrected chi connectivity index (χ3v) is 4.64. The average Bonchev–Trinajstić information content (AvgIpc) is 3.05. The van der Waals surface area contributed by atoms with Crippen molar-refractivity contribution in [3.63, 3.8) is 0 Å². The average molecular weight is 308 g/mol. The Bertz CT molecular complexity index is 585. The van der Waals surface area contributed by atoms with E-state index in [1.54, 1.807) is 25.3 Å². The quantitative estimate of drug-likeness (QED) is 0.610. The zero-order valence-corrected chi connectivity index (χ0v) is 12.8. The minimum Gasteiger partial charge on any atom is -0.493 e. The summed E-state index contributed by atoms with van der Waals surface area (Å²) in [5.74, 6) is 1.29. The predicted molar refractivity (Wildman–Crippen MR) is 79.9 cm³/mol. The Labute approximate surface area is 129 Å². The molecule has 0 radical (unpaired) electrons. The van der Waals surface area contributed by atoms with E-state index < -0.39 is 5.54 Å². The molecule has 2 fully saturated rings. The normalized spacial score (nSPS) is 19.9. The van der Waals surface area contributed by atoms with Gasteiger partial charge in [-0.15, -0.1) is 0 Å². The highest BCUT2D eigenvalue weighted by molar-refractivity contribution is 6.31. The molecule has 0 unspecified atom stereocenters. The maximum absolute atomic E-state index is 10.7. The van der Waals surface area contributed by atoms with Gasteiger partial charge in [0.25, 0.3) is 0 Å². The smallest absolute Gasteiger partial charge is 0.235 e. The van der Waals surface area contributed by atoms with E-state index in [4.69, 9.17) is 21.1 Å². The standard InChI is InChI=1S/C16H18ClNO3/c1-20-13-7-6-12(17)14(16(8-9-16)18-10-19)15(13)21-11-4-2-3-5-11/h6-7,11H,2-5,8-9H2,1H3. The van der Waals surface area contributed by atoms with Crippen molar-refractivity contribution in [2.24, 2.45) is 4.99 Å². The van der Waals surface area contributed by atoms with Crippen molar-refractivity contribution in [2.45, 2.75) is 50.2 Å². The lowest BCUT2D eigenvalue weighted by atomic mass is 10.0. The van der Waals surface area contributed by atoms with E-state index in [1.807, 2.05) is 0 Å². The lowest BCUT2D eigenvalue weighted by Crippen LogP contribution is -2.16. The summed E-state index contributed by atoms with van der Waals surface area (Å²) in [6, 6.07) is 3.58. The fourth-order valence-corrected chi connectivity index (χ4v) is 3.37. The highest BCUT2D eigenvalue weighted by Gasteiger charge is 2.49. The van der Waals surface area contributed by atoms with Crippen LogP contribution in [0.3, 0.4) is 0 Å². The number of halogens is 1. The Morgan fingerprint density at radius 3 is 2.62 bits per heavy atom. The van der Waals surface area contributed by atoms with E-state index in [-0.39, 0.29) is 6.10 Å². The number of ether oxygens (including phenoxy) is 2. The molecule has 3 rings (SSSR count). The molecule has 2 aliphatic rings. The molecule has 2 saturated carbocycles. The van der Waals surface area contributed by atoms with Crippen LogP contribution in [-0.2, 0) is 10.3 Å². The molecule has 0 bridgehead atoms. The minimum atomic E-state index is -0.568. The summed E-state index contributed by atoms with van der Waals surface area (Å²) in [6.07, 6.45) is 7.88. The maximum atomic E-state index is 10.7. The van der Waals surface area contributed by atoms with Crippen molar-refractivity contribution in [3.8, 4) is 11.5 Å². The van der Waals surface area contributed by atoms with Crippen LogP contribution in [0.5, 0.6) is 11.5 Å². The second kappa shape index (κ2) is 5.70. The van der Waals surface area contributed by atoms with Crippen molar-refractivity contribution < 1.29 is 14.3 Å². The highest BCUT2D eigenvalue weighted by atomic mass is 35.5. The second-order valence-corrected chi connectivity index (χ2v) is 6.12. The van der Waals surface area contributed by atoms with Crippen molar-refractivity contribution in [1.29, 1.82) is 0 Å². The summed E-state index contributed by atoms with van der Waals surface area (Å²) < 4.78 is 11.6. The summed E-state index contributed by atoms with van der Waals surface area (Å²) in [5, 5.41) is 0.570. The van der Waals surface area contributed by atoms with Crippen LogP contribution < -0.4 is 9.47 Å². The van der Waals surface area contributed by atoms with Gasteiger partial charge in [-0.05, 0) is 50.7 Å². The number of hydrogen-bond donors (Lipinski definition) is 0. The highest BCUT2D eigenvalue weighted by Crippen LogP contribution is 2.57. The third-order valence-electron chi connectivity index (χ3n) is 4.33. The van der Waals surface area contributed by atoms with Gasteiger partial charge in [0.15, 0.2) is 11.5 Å². The van der Waals surface area contributed by atoms with Gasteiger partial charge in [-0.1, -0.05) is 11.6 Å². The molecular weight excluding hydrogens is 290 g/mol. The minimum absolute atomic E-state index is 0.187. The zero-order valence-electron chi connectivity index (χ0n) is 12.0. The van der Waals surface area contributed by atoms with Gasteiger partial charge in [0.2, 0.25) is 6.08 Å². The number of benzene rings is 1. The Hall–Kier alpha value is -1.51. The van der Waals surface area contributed by atoms with Crippen molar-refractivity contribution >= 4 is 17.7 Å². The summed E-state index contributed by atoms with van der Waals surface area (Å²) in [7, 11) is 1.61. The monoisotopic (exact) mass is 307 g/mol. The van der Waals surface area contributed by atoms with Crippen LogP contribution in [0.25, 0.3) is 0 Å². The molecule has 4 nitrogen and oxygen atoms in total. The van der Waals surface area contributed by atoms with Gasteiger partial charge in [0.05, 0.1) is 18.2 Å². The molecule has 0 N–H and O–H groups in total. The number of rotatable bonds is 5. The van der Waals surface area contributed by atoms with Gasteiger partial charge in [-0.25, -0.2) is 4.79 Å². The fourth-order valence-electron chi connectivity index (χ4n) is 3.05. The van der Waals surface area contributed by atoms with E-state index in [0.29, 0.717) is 16.5 Å². The molecule has 0 heterocycles. The molecule has 5 heteroatoms. The number of nitrogens with zero attached hydrogens (tertiary/aromatic N) is 1. The van der Waals surface area contributed by atoms with Crippen LogP contribution >= 0.6 is 11.6 Å². The van der Waals surface area contributed by atoms with E-state index in [9.17, 15) is 4.79 Å². The van der Waals surface area contributed by atoms with Gasteiger partial charge >= 0.3 is 0 Å². The molecule has 21 heavy (non-hydrogen) atoms. The molecule has 2 aliphatic carbocycles. The Morgan fingerprint density at radius 1 is 1.33 bits per heavy atom. The van der Waals surface area contributed by atoms with Gasteiger partial charge in [0, 0.05) is 5.56 Å². The third kappa shape index (κ3) is 2.66. The molecule has 112 valence electrons. The number of hydrogen-bond acceptors (Lipinski definition) is 4. The van der Waals surface area contributed by atoms with Gasteiger partial charge in [0.1, 0.15) is 5.54 Å². The number of aliphatic imine (C=N–C) groups is 1. The first-order valence-electron chi connectivity index (χ1n) is 7.33. The van der Waals surface area contributed by atoms with Gasteiger partial charge < -0.3 is 9.47 Å². The van der Waals surface area contributed by atoms with E-state index >= 15 is 0 Å².